The Labute approximate surface area is 205 Å². The number of esters is 1. The summed E-state index contributed by atoms with van der Waals surface area (Å²) in [6.07, 6.45) is 1.83. The molecule has 2 aromatic carbocycles. The van der Waals surface area contributed by atoms with Gasteiger partial charge in [0.1, 0.15) is 6.54 Å². The predicted molar refractivity (Wildman–Crippen MR) is 134 cm³/mol. The van der Waals surface area contributed by atoms with E-state index < -0.39 is 17.9 Å². The summed E-state index contributed by atoms with van der Waals surface area (Å²) in [5.41, 5.74) is 4.57. The number of rotatable bonds is 10. The number of nitrogens with one attached hydrogen (secondary N) is 1. The second-order valence-electron chi connectivity index (χ2n) is 8.35. The maximum Gasteiger partial charge on any atom is 0.307 e. The highest BCUT2D eigenvalue weighted by Crippen LogP contribution is 2.27. The van der Waals surface area contributed by atoms with Crippen molar-refractivity contribution in [1.29, 1.82) is 0 Å². The van der Waals surface area contributed by atoms with E-state index in [2.05, 4.69) is 15.2 Å². The summed E-state index contributed by atoms with van der Waals surface area (Å²) in [5, 5.41) is 2.88. The van der Waals surface area contributed by atoms with Crippen LogP contribution in [0.15, 0.2) is 47.5 Å². The van der Waals surface area contributed by atoms with Crippen molar-refractivity contribution in [2.24, 2.45) is 4.99 Å². The van der Waals surface area contributed by atoms with Gasteiger partial charge in [-0.2, -0.15) is 0 Å². The highest BCUT2D eigenvalue weighted by molar-refractivity contribution is 5.86. The molecule has 2 amide bonds. The van der Waals surface area contributed by atoms with Gasteiger partial charge in [-0.3, -0.25) is 19.3 Å². The second-order valence-corrected chi connectivity index (χ2v) is 8.35. The highest BCUT2D eigenvalue weighted by atomic mass is 16.5. The fourth-order valence-electron chi connectivity index (χ4n) is 3.85. The number of anilines is 1. The summed E-state index contributed by atoms with van der Waals surface area (Å²) < 4.78 is 10.3. The predicted octanol–water partition coefficient (Wildman–Crippen LogP) is 2.68. The quantitative estimate of drug-likeness (QED) is 0.243. The van der Waals surface area contributed by atoms with Gasteiger partial charge in [0.05, 0.1) is 44.8 Å². The Bertz CT molecular complexity index is 1070. The third kappa shape index (κ3) is 7.38. The van der Waals surface area contributed by atoms with Crippen LogP contribution >= 0.6 is 0 Å². The first-order chi connectivity index (χ1) is 16.9. The molecule has 0 aliphatic carbocycles. The van der Waals surface area contributed by atoms with Crippen molar-refractivity contribution < 1.29 is 23.9 Å². The maximum absolute atomic E-state index is 12.8. The lowest BCUT2D eigenvalue weighted by Crippen LogP contribution is -2.39. The molecule has 1 aliphatic heterocycles. The Hall–Kier alpha value is -3.72. The number of para-hydroxylation sites is 1. The van der Waals surface area contributed by atoms with Crippen molar-refractivity contribution in [2.75, 3.05) is 44.9 Å². The number of benzene rings is 2. The van der Waals surface area contributed by atoms with E-state index in [1.165, 1.54) is 13.4 Å². The number of amides is 2. The van der Waals surface area contributed by atoms with E-state index >= 15 is 0 Å². The molecule has 1 heterocycles. The van der Waals surface area contributed by atoms with Crippen molar-refractivity contribution in [2.45, 2.75) is 26.3 Å². The number of morpholine rings is 1. The summed E-state index contributed by atoms with van der Waals surface area (Å²) in [6, 6.07) is 12.7. The lowest BCUT2D eigenvalue weighted by Gasteiger charge is -2.31. The first-order valence-corrected chi connectivity index (χ1v) is 11.5. The Morgan fingerprint density at radius 2 is 1.91 bits per heavy atom. The molecule has 9 nitrogen and oxygen atoms in total. The summed E-state index contributed by atoms with van der Waals surface area (Å²) in [6.45, 7) is 6.54. The number of nitrogens with zero attached hydrogens (tertiary/aromatic N) is 3. The average molecular weight is 481 g/mol. The van der Waals surface area contributed by atoms with Crippen LogP contribution in [0.2, 0.25) is 0 Å². The molecule has 1 unspecified atom stereocenters. The van der Waals surface area contributed by atoms with E-state index in [0.29, 0.717) is 25.3 Å². The number of carbonyl (C=O) groups is 3. The molecule has 0 saturated carbocycles. The largest absolute Gasteiger partial charge is 0.469 e. The Morgan fingerprint density at radius 1 is 1.17 bits per heavy atom. The summed E-state index contributed by atoms with van der Waals surface area (Å²) >= 11 is 0. The molecule has 0 spiro atoms. The van der Waals surface area contributed by atoms with Gasteiger partial charge >= 0.3 is 5.97 Å². The summed E-state index contributed by atoms with van der Waals surface area (Å²) in [5.74, 6) is -0.868. The first kappa shape index (κ1) is 25.9. The molecule has 9 heteroatoms. The summed E-state index contributed by atoms with van der Waals surface area (Å²) in [7, 11) is 1.31. The van der Waals surface area contributed by atoms with Gasteiger partial charge in [-0.25, -0.2) is 4.99 Å². The minimum Gasteiger partial charge on any atom is -0.469 e. The zero-order valence-corrected chi connectivity index (χ0v) is 20.4. The number of aryl methyl sites for hydroxylation is 2. The Kier molecular flexibility index (Phi) is 9.37. The smallest absolute Gasteiger partial charge is 0.307 e. The fraction of sp³-hybridized carbons (Fsp3) is 0.385. The molecule has 3 rings (SSSR count). The molecule has 0 radical (unpaired) electrons. The molecule has 35 heavy (non-hydrogen) atoms. The molecule has 0 aromatic heterocycles. The number of hydrogen-bond donors (Lipinski definition) is 1. The second kappa shape index (κ2) is 12.7. The van der Waals surface area contributed by atoms with Gasteiger partial charge in [0.2, 0.25) is 12.3 Å². The van der Waals surface area contributed by atoms with Crippen LogP contribution in [0.5, 0.6) is 0 Å². The van der Waals surface area contributed by atoms with E-state index in [0.717, 1.165) is 40.4 Å². The van der Waals surface area contributed by atoms with Crippen molar-refractivity contribution in [3.63, 3.8) is 0 Å². The SMILES string of the molecule is COC(=O)CC(NC(=O)CN(C=O)C=Nc1ccccc1C)c1ccc(C)c(N2CCOCC2)c1. The van der Waals surface area contributed by atoms with E-state index in [-0.39, 0.29) is 13.0 Å². The molecular formula is C26H32N4O5. The van der Waals surface area contributed by atoms with Crippen LogP contribution in [0.3, 0.4) is 0 Å². The van der Waals surface area contributed by atoms with Gasteiger partial charge in [-0.15, -0.1) is 0 Å². The zero-order chi connectivity index (χ0) is 25.2. The van der Waals surface area contributed by atoms with Crippen LogP contribution < -0.4 is 10.2 Å². The molecule has 1 aliphatic rings. The number of carbonyl (C=O) groups excluding carboxylic acids is 3. The van der Waals surface area contributed by atoms with Crippen LogP contribution in [0.25, 0.3) is 0 Å². The molecule has 1 fully saturated rings. The monoisotopic (exact) mass is 480 g/mol. The molecule has 1 atom stereocenters. The minimum atomic E-state index is -0.614. The molecule has 186 valence electrons. The topological polar surface area (TPSA) is 101 Å². The van der Waals surface area contributed by atoms with Crippen molar-refractivity contribution >= 4 is 36.0 Å². The number of aliphatic imine (C=N–C) groups is 1. The number of hydrogen-bond acceptors (Lipinski definition) is 7. The van der Waals surface area contributed by atoms with Gasteiger partial charge in [0.25, 0.3) is 0 Å². The van der Waals surface area contributed by atoms with Crippen LogP contribution in [0.1, 0.15) is 29.2 Å². The van der Waals surface area contributed by atoms with E-state index in [1.54, 1.807) is 0 Å². The average Bonchev–Trinajstić information content (AvgIpc) is 2.87. The van der Waals surface area contributed by atoms with E-state index in [1.807, 2.05) is 56.3 Å². The molecule has 1 N–H and O–H groups in total. The zero-order valence-electron chi connectivity index (χ0n) is 20.4. The van der Waals surface area contributed by atoms with Gasteiger partial charge in [0.15, 0.2) is 0 Å². The standard InChI is InChI=1S/C26H32N4O5/c1-19-6-4-5-7-22(19)27-17-29(18-31)16-25(32)28-23(15-26(33)34-3)21-9-8-20(2)24(14-21)30-10-12-35-13-11-30/h4-9,14,17-18,23H,10-13,15-16H2,1-3H3,(H,28,32). The third-order valence-corrected chi connectivity index (χ3v) is 5.84. The molecular weight excluding hydrogens is 448 g/mol. The first-order valence-electron chi connectivity index (χ1n) is 11.5. The maximum atomic E-state index is 12.8. The molecule has 2 aromatic rings. The van der Waals surface area contributed by atoms with Crippen LogP contribution in [-0.4, -0.2) is 69.5 Å². The summed E-state index contributed by atoms with van der Waals surface area (Å²) in [4.78, 5) is 44.2. The third-order valence-electron chi connectivity index (χ3n) is 5.84. The lowest BCUT2D eigenvalue weighted by molar-refractivity contribution is -0.141. The van der Waals surface area contributed by atoms with Gasteiger partial charge in [-0.1, -0.05) is 30.3 Å². The van der Waals surface area contributed by atoms with Crippen molar-refractivity contribution in [3.05, 3.63) is 59.2 Å². The number of methoxy groups -OCH3 is 1. The van der Waals surface area contributed by atoms with Gasteiger partial charge in [0, 0.05) is 18.8 Å². The van der Waals surface area contributed by atoms with E-state index in [4.69, 9.17) is 9.47 Å². The minimum absolute atomic E-state index is 0.0355. The van der Waals surface area contributed by atoms with E-state index in [9.17, 15) is 14.4 Å². The van der Waals surface area contributed by atoms with Crippen LogP contribution in [0, 0.1) is 13.8 Å². The van der Waals surface area contributed by atoms with Gasteiger partial charge in [-0.05, 0) is 42.7 Å². The number of ether oxygens (including phenoxy) is 2. The van der Waals surface area contributed by atoms with Crippen molar-refractivity contribution in [1.82, 2.24) is 10.2 Å². The lowest BCUT2D eigenvalue weighted by atomic mass is 10.00. The highest BCUT2D eigenvalue weighted by Gasteiger charge is 2.22. The molecule has 0 bridgehead atoms. The Balaban J connectivity index is 1.75. The molecule has 1 saturated heterocycles. The van der Waals surface area contributed by atoms with Gasteiger partial charge < -0.3 is 19.7 Å². The normalized spacial score (nSPS) is 14.4. The fourth-order valence-corrected chi connectivity index (χ4v) is 3.85. The van der Waals surface area contributed by atoms with Crippen LogP contribution in [0.4, 0.5) is 11.4 Å². The Morgan fingerprint density at radius 3 is 2.60 bits per heavy atom. The van der Waals surface area contributed by atoms with Crippen molar-refractivity contribution in [3.8, 4) is 0 Å². The van der Waals surface area contributed by atoms with Crippen LogP contribution in [-0.2, 0) is 23.9 Å².